The van der Waals surface area contributed by atoms with E-state index in [0.29, 0.717) is 13.1 Å². The van der Waals surface area contributed by atoms with E-state index >= 15 is 0 Å². The maximum absolute atomic E-state index is 12.1. The lowest BCUT2D eigenvalue weighted by molar-refractivity contribution is -0.148. The standard InChI is InChI=1S/C11H13NO4/c1-2-12-5-11-4-3-6(16-11)7(10(14)15)8(11)9(12)13/h3-4,6-8H,2,5H2,1H3,(H,14,15)/t6-,7-,8+,11-/m1/s1. The van der Waals surface area contributed by atoms with Crippen LogP contribution >= 0.6 is 0 Å². The zero-order valence-corrected chi connectivity index (χ0v) is 8.92. The van der Waals surface area contributed by atoms with Crippen molar-refractivity contribution in [1.29, 1.82) is 0 Å². The molecule has 86 valence electrons. The summed E-state index contributed by atoms with van der Waals surface area (Å²) in [7, 11) is 0. The Balaban J connectivity index is 2.03. The molecule has 1 N–H and O–H groups in total. The van der Waals surface area contributed by atoms with Crippen molar-refractivity contribution in [2.24, 2.45) is 11.8 Å². The third-order valence-electron chi connectivity index (χ3n) is 3.85. The normalized spacial score (nSPS) is 44.2. The molecule has 2 saturated heterocycles. The van der Waals surface area contributed by atoms with Crippen molar-refractivity contribution in [1.82, 2.24) is 4.90 Å². The molecule has 0 aromatic carbocycles. The molecule has 5 heteroatoms. The van der Waals surface area contributed by atoms with Gasteiger partial charge in [0.25, 0.3) is 0 Å². The van der Waals surface area contributed by atoms with Gasteiger partial charge in [0.2, 0.25) is 5.91 Å². The SMILES string of the molecule is CCN1C[C@@]23C=C[C@@H](O2)[C@@H](C(=O)O)[C@H]3C1=O. The van der Waals surface area contributed by atoms with Crippen LogP contribution in [0.15, 0.2) is 12.2 Å². The van der Waals surface area contributed by atoms with E-state index in [1.165, 1.54) is 0 Å². The minimum Gasteiger partial charge on any atom is -0.481 e. The minimum absolute atomic E-state index is 0.0817. The highest BCUT2D eigenvalue weighted by Crippen LogP contribution is 2.51. The van der Waals surface area contributed by atoms with Crippen LogP contribution < -0.4 is 0 Å². The Kier molecular flexibility index (Phi) is 1.75. The molecule has 1 amide bonds. The predicted molar refractivity (Wildman–Crippen MR) is 53.6 cm³/mol. The summed E-state index contributed by atoms with van der Waals surface area (Å²) >= 11 is 0. The fraction of sp³-hybridized carbons (Fsp3) is 0.636. The molecule has 3 aliphatic heterocycles. The van der Waals surface area contributed by atoms with Crippen LogP contribution in [0.4, 0.5) is 0 Å². The summed E-state index contributed by atoms with van der Waals surface area (Å²) < 4.78 is 5.71. The van der Waals surface area contributed by atoms with Gasteiger partial charge in [0, 0.05) is 6.54 Å². The smallest absolute Gasteiger partial charge is 0.310 e. The zero-order valence-electron chi connectivity index (χ0n) is 8.92. The van der Waals surface area contributed by atoms with Gasteiger partial charge in [0.1, 0.15) is 11.5 Å². The molecular weight excluding hydrogens is 210 g/mol. The summed E-state index contributed by atoms with van der Waals surface area (Å²) in [6.07, 6.45) is 3.22. The fourth-order valence-electron chi connectivity index (χ4n) is 3.13. The third-order valence-corrected chi connectivity index (χ3v) is 3.85. The molecule has 0 aliphatic carbocycles. The first-order valence-corrected chi connectivity index (χ1v) is 5.48. The van der Waals surface area contributed by atoms with Crippen LogP contribution in [0.25, 0.3) is 0 Å². The monoisotopic (exact) mass is 223 g/mol. The number of amides is 1. The van der Waals surface area contributed by atoms with Gasteiger partial charge in [-0.25, -0.2) is 0 Å². The third kappa shape index (κ3) is 0.942. The van der Waals surface area contributed by atoms with Crippen LogP contribution in [0.3, 0.4) is 0 Å². The molecule has 1 spiro atoms. The molecule has 0 unspecified atom stereocenters. The van der Waals surface area contributed by atoms with Gasteiger partial charge >= 0.3 is 5.97 Å². The molecule has 0 saturated carbocycles. The van der Waals surface area contributed by atoms with Crippen LogP contribution in [0.2, 0.25) is 0 Å². The van der Waals surface area contributed by atoms with Gasteiger partial charge in [-0.3, -0.25) is 9.59 Å². The van der Waals surface area contributed by atoms with E-state index in [0.717, 1.165) is 0 Å². The lowest BCUT2D eigenvalue weighted by Crippen LogP contribution is -2.39. The van der Waals surface area contributed by atoms with Gasteiger partial charge in [-0.05, 0) is 6.92 Å². The predicted octanol–water partition coefficient (Wildman–Crippen LogP) is -0.127. The molecule has 4 atom stereocenters. The first-order chi connectivity index (χ1) is 7.59. The van der Waals surface area contributed by atoms with Gasteiger partial charge in [-0.15, -0.1) is 0 Å². The van der Waals surface area contributed by atoms with Crippen LogP contribution in [-0.2, 0) is 14.3 Å². The van der Waals surface area contributed by atoms with Crippen LogP contribution in [0.1, 0.15) is 6.92 Å². The second-order valence-corrected chi connectivity index (χ2v) is 4.59. The molecule has 3 rings (SSSR count). The Labute approximate surface area is 92.7 Å². The van der Waals surface area contributed by atoms with Crippen LogP contribution in [0, 0.1) is 11.8 Å². The molecular formula is C11H13NO4. The van der Waals surface area contributed by atoms with Crippen LogP contribution in [-0.4, -0.2) is 46.7 Å². The number of carbonyl (C=O) groups is 2. The van der Waals surface area contributed by atoms with Crippen molar-refractivity contribution in [3.63, 3.8) is 0 Å². The molecule has 3 heterocycles. The number of carbonyl (C=O) groups excluding carboxylic acids is 1. The molecule has 16 heavy (non-hydrogen) atoms. The van der Waals surface area contributed by atoms with E-state index in [1.54, 1.807) is 11.0 Å². The number of carboxylic acids is 1. The van der Waals surface area contributed by atoms with E-state index in [1.807, 2.05) is 13.0 Å². The van der Waals surface area contributed by atoms with Crippen LogP contribution in [0.5, 0.6) is 0 Å². The number of likely N-dealkylation sites (N-methyl/N-ethyl adjacent to an activating group) is 1. The van der Waals surface area contributed by atoms with Crippen molar-refractivity contribution in [3.05, 3.63) is 12.2 Å². The molecule has 2 bridgehead atoms. The molecule has 0 aromatic heterocycles. The number of rotatable bonds is 2. The Morgan fingerprint density at radius 2 is 2.50 bits per heavy atom. The Bertz CT molecular complexity index is 405. The van der Waals surface area contributed by atoms with E-state index in [4.69, 9.17) is 4.74 Å². The number of aliphatic carboxylic acids is 1. The Hall–Kier alpha value is -1.36. The largest absolute Gasteiger partial charge is 0.481 e. The fourth-order valence-corrected chi connectivity index (χ4v) is 3.13. The van der Waals surface area contributed by atoms with Gasteiger partial charge in [0.05, 0.1) is 18.6 Å². The summed E-state index contributed by atoms with van der Waals surface area (Å²) in [5.74, 6) is -2.26. The molecule has 5 nitrogen and oxygen atoms in total. The number of likely N-dealkylation sites (tertiary alicyclic amines) is 1. The lowest BCUT2D eigenvalue weighted by Gasteiger charge is -2.21. The van der Waals surface area contributed by atoms with Gasteiger partial charge < -0.3 is 14.7 Å². The van der Waals surface area contributed by atoms with Gasteiger partial charge in [0.15, 0.2) is 0 Å². The Morgan fingerprint density at radius 3 is 3.12 bits per heavy atom. The summed E-state index contributed by atoms with van der Waals surface area (Å²) in [5.41, 5.74) is -0.666. The highest BCUT2D eigenvalue weighted by Gasteiger charge is 2.66. The topological polar surface area (TPSA) is 66.8 Å². The molecule has 0 aromatic rings. The summed E-state index contributed by atoms with van der Waals surface area (Å²) in [4.78, 5) is 24.9. The average Bonchev–Trinajstić information content (AvgIpc) is 2.86. The minimum atomic E-state index is -0.937. The maximum atomic E-state index is 12.1. The number of nitrogens with zero attached hydrogens (tertiary/aromatic N) is 1. The Morgan fingerprint density at radius 1 is 1.75 bits per heavy atom. The summed E-state index contributed by atoms with van der Waals surface area (Å²) in [6.45, 7) is 2.98. The lowest BCUT2D eigenvalue weighted by atomic mass is 9.77. The number of ether oxygens (including phenoxy) is 1. The summed E-state index contributed by atoms with van der Waals surface area (Å²) in [5, 5.41) is 9.17. The van der Waals surface area contributed by atoms with Crippen molar-refractivity contribution in [2.45, 2.75) is 18.6 Å². The number of fused-ring (bicyclic) bond motifs is 1. The van der Waals surface area contributed by atoms with E-state index in [9.17, 15) is 14.7 Å². The van der Waals surface area contributed by atoms with E-state index in [-0.39, 0.29) is 5.91 Å². The molecule has 3 aliphatic rings. The second-order valence-electron chi connectivity index (χ2n) is 4.59. The van der Waals surface area contributed by atoms with Crippen molar-refractivity contribution in [2.75, 3.05) is 13.1 Å². The van der Waals surface area contributed by atoms with E-state index < -0.39 is 29.5 Å². The van der Waals surface area contributed by atoms with Crippen molar-refractivity contribution >= 4 is 11.9 Å². The first kappa shape index (κ1) is 9.84. The molecule has 0 radical (unpaired) electrons. The molecule has 2 fully saturated rings. The highest BCUT2D eigenvalue weighted by molar-refractivity contribution is 5.90. The first-order valence-electron chi connectivity index (χ1n) is 5.48. The quantitative estimate of drug-likeness (QED) is 0.662. The van der Waals surface area contributed by atoms with Crippen molar-refractivity contribution < 1.29 is 19.4 Å². The zero-order chi connectivity index (χ0) is 11.5. The maximum Gasteiger partial charge on any atom is 0.310 e. The number of hydrogen-bond donors (Lipinski definition) is 1. The van der Waals surface area contributed by atoms with Gasteiger partial charge in [-0.2, -0.15) is 0 Å². The summed E-state index contributed by atoms with van der Waals surface area (Å²) in [6, 6.07) is 0. The van der Waals surface area contributed by atoms with E-state index in [2.05, 4.69) is 0 Å². The number of hydrogen-bond acceptors (Lipinski definition) is 3. The average molecular weight is 223 g/mol. The second kappa shape index (κ2) is 2.85. The highest BCUT2D eigenvalue weighted by atomic mass is 16.5. The number of carboxylic acid groups (broad SMARTS) is 1. The van der Waals surface area contributed by atoms with Crippen molar-refractivity contribution in [3.8, 4) is 0 Å². The van der Waals surface area contributed by atoms with Gasteiger partial charge in [-0.1, -0.05) is 12.2 Å².